The summed E-state index contributed by atoms with van der Waals surface area (Å²) < 4.78 is 4.46. The van der Waals surface area contributed by atoms with Gasteiger partial charge in [-0.1, -0.05) is 6.07 Å². The molecule has 2 aromatic rings. The van der Waals surface area contributed by atoms with Crippen LogP contribution in [0.2, 0.25) is 0 Å². The van der Waals surface area contributed by atoms with Crippen LogP contribution in [0.25, 0.3) is 11.0 Å². The molecule has 0 fully saturated rings. The van der Waals surface area contributed by atoms with E-state index in [4.69, 9.17) is 0 Å². The van der Waals surface area contributed by atoms with Crippen molar-refractivity contribution in [1.29, 1.82) is 0 Å². The van der Waals surface area contributed by atoms with Crippen molar-refractivity contribution in [3.05, 3.63) is 28.5 Å². The lowest BCUT2D eigenvalue weighted by molar-refractivity contribution is -0.782. The van der Waals surface area contributed by atoms with E-state index in [1.54, 1.807) is 0 Å². The highest BCUT2D eigenvalue weighted by Gasteiger charge is 2.11. The van der Waals surface area contributed by atoms with Crippen molar-refractivity contribution < 1.29 is 9.53 Å². The Bertz CT molecular complexity index is 434. The fraction of sp³-hybridized carbons (Fsp3) is 0.250. The summed E-state index contributed by atoms with van der Waals surface area (Å²) in [4.78, 5) is 0.435. The molecule has 2 rings (SSSR count). The molecule has 1 aromatic heterocycles. The minimum atomic E-state index is 0.435. The quantitative estimate of drug-likeness (QED) is 0.547. The van der Waals surface area contributed by atoms with Crippen molar-refractivity contribution >= 4 is 11.0 Å². The molecular formula is C8H8N2O2. The van der Waals surface area contributed by atoms with Gasteiger partial charge >= 0.3 is 0 Å². The number of fused-ring (bicyclic) bond motifs is 1. The van der Waals surface area contributed by atoms with E-state index < -0.39 is 0 Å². The van der Waals surface area contributed by atoms with Crippen molar-refractivity contribution in [2.24, 2.45) is 0 Å². The SMILES string of the molecule is Cc1cc(C)c2c(c1)no[n+]2[O-]. The zero-order chi connectivity index (χ0) is 8.72. The van der Waals surface area contributed by atoms with Gasteiger partial charge in [-0.15, -0.1) is 0 Å². The first kappa shape index (κ1) is 7.09. The third kappa shape index (κ3) is 0.845. The number of nitrogens with zero attached hydrogens (tertiary/aromatic N) is 2. The number of hydrogen-bond donors (Lipinski definition) is 0. The van der Waals surface area contributed by atoms with Crippen molar-refractivity contribution in [3.8, 4) is 0 Å². The molecule has 0 aliphatic rings. The molecule has 0 aliphatic carbocycles. The summed E-state index contributed by atoms with van der Waals surface area (Å²) in [6, 6.07) is 3.74. The molecule has 1 heterocycles. The van der Waals surface area contributed by atoms with Gasteiger partial charge in [0, 0.05) is 10.7 Å². The Hall–Kier alpha value is -1.58. The minimum Gasteiger partial charge on any atom is -0.359 e. The molecule has 0 saturated carbocycles. The van der Waals surface area contributed by atoms with E-state index in [-0.39, 0.29) is 0 Å². The Balaban J connectivity index is 2.93. The molecule has 0 saturated heterocycles. The predicted molar refractivity (Wildman–Crippen MR) is 42.4 cm³/mol. The molecule has 0 bridgehead atoms. The van der Waals surface area contributed by atoms with Gasteiger partial charge in [-0.2, -0.15) is 0 Å². The van der Waals surface area contributed by atoms with E-state index in [0.717, 1.165) is 11.1 Å². The Morgan fingerprint density at radius 2 is 2.17 bits per heavy atom. The van der Waals surface area contributed by atoms with Crippen LogP contribution in [0, 0.1) is 19.1 Å². The second-order valence-electron chi connectivity index (χ2n) is 2.88. The molecule has 4 heteroatoms. The maximum absolute atomic E-state index is 11.0. The van der Waals surface area contributed by atoms with E-state index in [9.17, 15) is 5.21 Å². The first-order valence-electron chi connectivity index (χ1n) is 3.65. The smallest absolute Gasteiger partial charge is 0.249 e. The van der Waals surface area contributed by atoms with Gasteiger partial charge in [0.05, 0.1) is 0 Å². The molecule has 0 radical (unpaired) electrons. The van der Waals surface area contributed by atoms with Crippen molar-refractivity contribution in [3.63, 3.8) is 0 Å². The fourth-order valence-corrected chi connectivity index (χ4v) is 1.37. The predicted octanol–water partition coefficient (Wildman–Crippen LogP) is 1.08. The molecule has 0 aliphatic heterocycles. The van der Waals surface area contributed by atoms with E-state index >= 15 is 0 Å². The van der Waals surface area contributed by atoms with Crippen LogP contribution in [0.3, 0.4) is 0 Å². The van der Waals surface area contributed by atoms with Crippen LogP contribution >= 0.6 is 0 Å². The Labute approximate surface area is 68.9 Å². The summed E-state index contributed by atoms with van der Waals surface area (Å²) in [6.45, 7) is 3.82. The van der Waals surface area contributed by atoms with E-state index in [1.165, 1.54) is 0 Å². The third-order valence-electron chi connectivity index (χ3n) is 1.82. The number of hydrogen-bond acceptors (Lipinski definition) is 3. The molecule has 62 valence electrons. The van der Waals surface area contributed by atoms with Gasteiger partial charge in [0.25, 0.3) is 0 Å². The van der Waals surface area contributed by atoms with Gasteiger partial charge in [-0.25, -0.2) is 0 Å². The summed E-state index contributed by atoms with van der Waals surface area (Å²) in [5.41, 5.74) is 3.10. The Kier molecular flexibility index (Phi) is 1.30. The lowest BCUT2D eigenvalue weighted by Crippen LogP contribution is -2.23. The third-order valence-corrected chi connectivity index (χ3v) is 1.82. The first-order valence-corrected chi connectivity index (χ1v) is 3.65. The molecule has 0 N–H and O–H groups in total. The molecule has 0 amide bonds. The number of aromatic nitrogens is 2. The van der Waals surface area contributed by atoms with Gasteiger partial charge < -0.3 is 5.21 Å². The molecule has 1 aromatic carbocycles. The largest absolute Gasteiger partial charge is 0.359 e. The van der Waals surface area contributed by atoms with Gasteiger partial charge in [0.2, 0.25) is 11.0 Å². The summed E-state index contributed by atoms with van der Waals surface area (Å²) in [7, 11) is 0. The normalized spacial score (nSPS) is 10.8. The van der Waals surface area contributed by atoms with Crippen LogP contribution in [-0.4, -0.2) is 5.16 Å². The van der Waals surface area contributed by atoms with Crippen molar-refractivity contribution in [2.75, 3.05) is 0 Å². The van der Waals surface area contributed by atoms with Crippen LogP contribution in [0.5, 0.6) is 0 Å². The topological polar surface area (TPSA) is 53.0 Å². The average Bonchev–Trinajstić information content (AvgIpc) is 2.31. The number of rotatable bonds is 0. The second kappa shape index (κ2) is 2.20. The van der Waals surface area contributed by atoms with Crippen LogP contribution in [0.1, 0.15) is 11.1 Å². The highest BCUT2D eigenvalue weighted by Crippen LogP contribution is 2.14. The maximum Gasteiger partial charge on any atom is 0.249 e. The zero-order valence-corrected chi connectivity index (χ0v) is 6.87. The Morgan fingerprint density at radius 1 is 1.42 bits per heavy atom. The highest BCUT2D eigenvalue weighted by molar-refractivity contribution is 5.74. The van der Waals surface area contributed by atoms with Crippen molar-refractivity contribution in [1.82, 2.24) is 5.16 Å². The first-order chi connectivity index (χ1) is 5.68. The summed E-state index contributed by atoms with van der Waals surface area (Å²) in [6.07, 6.45) is 0. The van der Waals surface area contributed by atoms with Gasteiger partial charge in [-0.05, 0) is 30.4 Å². The summed E-state index contributed by atoms with van der Waals surface area (Å²) in [5.74, 6) is 0. The van der Waals surface area contributed by atoms with Crippen LogP contribution in [-0.2, 0) is 0 Å². The minimum absolute atomic E-state index is 0.435. The lowest BCUT2D eigenvalue weighted by atomic mass is 10.1. The monoisotopic (exact) mass is 164 g/mol. The fourth-order valence-electron chi connectivity index (χ4n) is 1.37. The van der Waals surface area contributed by atoms with Gasteiger partial charge in [0.1, 0.15) is 0 Å². The van der Waals surface area contributed by atoms with E-state index in [0.29, 0.717) is 15.9 Å². The zero-order valence-electron chi connectivity index (χ0n) is 6.87. The van der Waals surface area contributed by atoms with E-state index in [2.05, 4.69) is 9.79 Å². The molecule has 4 nitrogen and oxygen atoms in total. The van der Waals surface area contributed by atoms with E-state index in [1.807, 2.05) is 26.0 Å². The summed E-state index contributed by atoms with van der Waals surface area (Å²) in [5, 5.41) is 14.6. The van der Waals surface area contributed by atoms with Gasteiger partial charge in [-0.3, -0.25) is 4.63 Å². The van der Waals surface area contributed by atoms with Crippen molar-refractivity contribution in [2.45, 2.75) is 13.8 Å². The average molecular weight is 164 g/mol. The number of benzene rings is 1. The maximum atomic E-state index is 11.0. The Morgan fingerprint density at radius 3 is 2.92 bits per heavy atom. The van der Waals surface area contributed by atoms with Crippen LogP contribution < -0.4 is 4.90 Å². The molecule has 0 spiro atoms. The molecular weight excluding hydrogens is 156 g/mol. The molecule has 0 atom stereocenters. The summed E-state index contributed by atoms with van der Waals surface area (Å²) >= 11 is 0. The van der Waals surface area contributed by atoms with Gasteiger partial charge in [0.15, 0.2) is 0 Å². The lowest BCUT2D eigenvalue weighted by Gasteiger charge is -1.93. The molecule has 0 unspecified atom stereocenters. The van der Waals surface area contributed by atoms with Crippen LogP contribution in [0.15, 0.2) is 16.8 Å². The number of aryl methyl sites for hydroxylation is 2. The van der Waals surface area contributed by atoms with Crippen LogP contribution in [0.4, 0.5) is 0 Å². The standard InChI is InChI=1S/C8H8N2O2/c1-5-3-6(2)8-7(4-5)9-12-10(8)11/h3-4H,1-2H3. The second-order valence-corrected chi connectivity index (χ2v) is 2.88. The molecule has 12 heavy (non-hydrogen) atoms. The highest BCUT2D eigenvalue weighted by atomic mass is 16.8.